The summed E-state index contributed by atoms with van der Waals surface area (Å²) in [6.07, 6.45) is 0. The predicted octanol–water partition coefficient (Wildman–Crippen LogP) is 6.11. The molecule has 55 heteroatoms. The number of benzene rings is 12. The molecule has 0 aliphatic carbocycles. The van der Waals surface area contributed by atoms with Gasteiger partial charge in [0.1, 0.15) is 4.90 Å². The fourth-order valence-corrected chi connectivity index (χ4v) is 19.6. The molecule has 13 rings (SSSR count). The minimum Gasteiger partial charge on any atom is -1.00 e. The van der Waals surface area contributed by atoms with Crippen molar-refractivity contribution < 1.29 is 318 Å². The summed E-state index contributed by atoms with van der Waals surface area (Å²) in [5.41, 5.74) is 8.97. The number of anilines is 3. The summed E-state index contributed by atoms with van der Waals surface area (Å²) < 4.78 is 151. The van der Waals surface area contributed by atoms with Crippen LogP contribution in [0.15, 0.2) is 309 Å². The number of fused-ring (bicyclic) bond motifs is 2. The van der Waals surface area contributed by atoms with Crippen LogP contribution in [-0.2, 0) is 86.9 Å². The molecule has 0 unspecified atom stereocenters. The van der Waals surface area contributed by atoms with Crippen LogP contribution in [-0.4, -0.2) is 199 Å². The molecule has 8 N–H and O–H groups in total. The summed E-state index contributed by atoms with van der Waals surface area (Å²) in [4.78, 5) is 178. The minimum atomic E-state index is -4.44. The van der Waals surface area contributed by atoms with Crippen LogP contribution in [0.1, 0.15) is 126 Å². The van der Waals surface area contributed by atoms with Gasteiger partial charge in [0.2, 0.25) is 45.2 Å². The van der Waals surface area contributed by atoms with Crippen molar-refractivity contribution in [3.8, 4) is 0 Å². The van der Waals surface area contributed by atoms with Crippen LogP contribution in [0.25, 0.3) is 0 Å². The second kappa shape index (κ2) is 58.6. The predicted molar refractivity (Wildman–Crippen MR) is 507 cm³/mol. The van der Waals surface area contributed by atoms with E-state index >= 15 is 0 Å². The number of methoxy groups -OCH3 is 8. The van der Waals surface area contributed by atoms with Crippen molar-refractivity contribution in [3.05, 3.63) is 358 Å². The van der Waals surface area contributed by atoms with E-state index in [4.69, 9.17) is 41.6 Å². The zero-order valence-electron chi connectivity index (χ0n) is 79.1. The number of nitro benzene ring substituents is 3. The van der Waals surface area contributed by atoms with Crippen LogP contribution in [0.5, 0.6) is 0 Å². The minimum absolute atomic E-state index is 0. The Kier molecular flexibility index (Phi) is 50.0. The van der Waals surface area contributed by atoms with E-state index in [9.17, 15) is 126 Å². The van der Waals surface area contributed by atoms with E-state index in [-0.39, 0.29) is 255 Å². The maximum absolute atomic E-state index is 12.9. The van der Waals surface area contributed by atoms with E-state index in [2.05, 4.69) is 56.0 Å². The van der Waals surface area contributed by atoms with Gasteiger partial charge in [0, 0.05) is 28.0 Å². The Balaban J connectivity index is 0.000000447. The molecule has 148 heavy (non-hydrogen) atoms. The number of thiol groups is 1. The van der Waals surface area contributed by atoms with Crippen molar-refractivity contribution in [1.82, 2.24) is 0 Å². The molecule has 764 valence electrons. The summed E-state index contributed by atoms with van der Waals surface area (Å²) in [6, 6.07) is 55.4. The Labute approximate surface area is 966 Å². The molecule has 0 saturated heterocycles. The number of nitro groups is 3. The molecule has 0 spiro atoms. The van der Waals surface area contributed by atoms with Crippen molar-refractivity contribution in [2.45, 2.75) is 53.9 Å². The van der Waals surface area contributed by atoms with E-state index in [0.29, 0.717) is 25.8 Å². The molecule has 46 nitrogen and oxygen atoms in total. The number of esters is 8. The quantitative estimate of drug-likeness (QED) is 0.00554. The summed E-state index contributed by atoms with van der Waals surface area (Å²) >= 11 is 5.14. The molecule has 0 saturated carbocycles. The Bertz CT molecular complexity index is 7640. The van der Waals surface area contributed by atoms with Gasteiger partial charge in [-0.3, -0.25) is 39.9 Å². The Morgan fingerprint density at radius 3 is 1.14 bits per heavy atom. The molecule has 1 heterocycles. The van der Waals surface area contributed by atoms with Crippen LogP contribution in [0.2, 0.25) is 0 Å². The van der Waals surface area contributed by atoms with E-state index in [1.807, 2.05) is 6.07 Å². The number of amides is 1. The molecule has 1 amide bonds. The van der Waals surface area contributed by atoms with Gasteiger partial charge in [0.05, 0.1) is 195 Å². The Hall–Kier alpha value is -14.0. The smallest absolute Gasteiger partial charge is 1.00 e. The average Bonchev–Trinajstić information content (AvgIpc) is 1.66. The van der Waals surface area contributed by atoms with E-state index in [1.165, 1.54) is 144 Å². The summed E-state index contributed by atoms with van der Waals surface area (Å²) in [5, 5.41) is 70.7. The molecule has 12 aromatic carbocycles. The van der Waals surface area contributed by atoms with Gasteiger partial charge in [-0.15, -0.1) is 12.6 Å². The number of hydrogen-bond acceptors (Lipinski definition) is 41. The molecule has 0 bridgehead atoms. The van der Waals surface area contributed by atoms with Gasteiger partial charge in [0.25, 0.3) is 23.8 Å². The number of ether oxygens (including phenoxy) is 8. The normalized spacial score (nSPS) is 10.9. The summed E-state index contributed by atoms with van der Waals surface area (Å²) in [7, 11) is -7.12. The maximum Gasteiger partial charge on any atom is 1.00 e. The van der Waals surface area contributed by atoms with Gasteiger partial charge < -0.3 is 81.6 Å². The maximum atomic E-state index is 12.9. The summed E-state index contributed by atoms with van der Waals surface area (Å²) in [6.45, 7) is -0.181. The zero-order valence-corrected chi connectivity index (χ0v) is 95.7. The molecule has 1 aliphatic rings. The molecular weight excluding hydrogens is 2320 g/mol. The van der Waals surface area contributed by atoms with Crippen LogP contribution < -0.4 is 160 Å². The standard InChI is InChI=1S/C16H13NO8S.C16H15NO6S.C16H13NO6S.C14H11NO6S.C14H9NO5S.C8H6FNO4.C8H8O2S.CH2O3.2Cs.H/c1-24-15(18)10-7-8-14(12(9-10)17(20)21)26(22,23)13-6-4-3-5-11(13)16(19)25-2;1-22-15(18)10-7-8-14(12(17)9-10)24(20,21)13-6-4-3-5-11(13)16(19)23-2;1-22-15(18)10-7-8-14(12(9-10)17(20)21)24-13-6-4-3-5-11(13)16(19)23-2;15-10-7-8(13(16)17)5-6-12(10)22(20,21)11-4-2-1-3-9(11)14(18)19;16-13-9-3-1-2-4-11(9)21(19,20)12-6-5-8(14(17)18)7-10(12)15-13;1-14-8(11)5-2-3-6(9)7(4-5)10(12)13;1-10-8(9)6-4-2-3-5-7(6)11;2-1-4-3;;;/h3-9H,1-2H3;3-9H,17H2,1-2H3;3-9H,1-2H3;1-7H,15H2,(H,16,17)(H,18,19);1-7H,(H,15,16)(H,17,18);2-4H,1H3;2-5,11H,1H3;1,3H;;;/q;;;;;;;;2*+1;-1/p-1. The van der Waals surface area contributed by atoms with Gasteiger partial charge in [-0.1, -0.05) is 84.6 Å². The van der Waals surface area contributed by atoms with Crippen LogP contribution in [0.4, 0.5) is 38.5 Å². The number of carboxylic acids is 3. The van der Waals surface area contributed by atoms with Crippen LogP contribution >= 0.6 is 24.4 Å². The number of halogens is 1. The van der Waals surface area contributed by atoms with Crippen molar-refractivity contribution in [2.24, 2.45) is 0 Å². The van der Waals surface area contributed by atoms with Gasteiger partial charge in [-0.25, -0.2) is 86.4 Å². The van der Waals surface area contributed by atoms with E-state index in [1.54, 1.807) is 48.5 Å². The number of rotatable bonds is 23. The van der Waals surface area contributed by atoms with Gasteiger partial charge in [0.15, 0.2) is 0 Å². The third kappa shape index (κ3) is 32.8. The van der Waals surface area contributed by atoms with Crippen LogP contribution in [0, 0.1) is 36.2 Å². The molecule has 0 fully saturated rings. The first-order valence-electron chi connectivity index (χ1n) is 39.7. The molecule has 1 aliphatic heterocycles. The number of nitrogens with one attached hydrogen (secondary N) is 1. The molecule has 12 aromatic rings. The zero-order chi connectivity index (χ0) is 109. The fourth-order valence-electron chi connectivity index (χ4n) is 12.1. The average molecular weight is 2400 g/mol. The molecule has 0 radical (unpaired) electrons. The molecular formula is C93H77Cs2FN6O40S6. The first-order chi connectivity index (χ1) is 68.9. The Morgan fingerprint density at radius 1 is 0.385 bits per heavy atom. The number of nitrogens with zero attached hydrogens (tertiary/aromatic N) is 3. The van der Waals surface area contributed by atoms with Crippen molar-refractivity contribution in [2.75, 3.05) is 73.7 Å². The number of sulfone groups is 4. The third-order valence-corrected chi connectivity index (χ3v) is 27.9. The largest absolute Gasteiger partial charge is 1.00 e. The monoisotopic (exact) mass is 2390 g/mol. The number of nitrogens with two attached hydrogens (primary N) is 2. The summed E-state index contributed by atoms with van der Waals surface area (Å²) in [5.74, 6) is -10.9. The molecule has 0 aromatic heterocycles. The van der Waals surface area contributed by atoms with Crippen molar-refractivity contribution >= 4 is 176 Å². The van der Waals surface area contributed by atoms with E-state index < -0.39 is 152 Å². The first-order valence-corrected chi connectivity index (χ1v) is 46.9. The van der Waals surface area contributed by atoms with Crippen LogP contribution in [0.3, 0.4) is 0 Å². The number of hydrogen-bond donors (Lipinski definition) is 7. The topological polar surface area (TPSA) is 719 Å². The van der Waals surface area contributed by atoms with Gasteiger partial charge in [-0.2, -0.15) is 4.39 Å². The third-order valence-electron chi connectivity index (χ3n) is 18.9. The number of aromatic carboxylic acids is 3. The van der Waals surface area contributed by atoms with Crippen molar-refractivity contribution in [1.29, 1.82) is 0 Å². The Morgan fingerprint density at radius 2 is 0.709 bits per heavy atom. The second-order valence-corrected chi connectivity index (χ2v) is 36.7. The van der Waals surface area contributed by atoms with Gasteiger partial charge in [-0.05, 0) is 164 Å². The molecule has 0 atom stereocenters. The van der Waals surface area contributed by atoms with E-state index in [0.717, 1.165) is 125 Å². The number of carbonyl (C=O) groups is 13. The number of carboxylic acid groups (broad SMARTS) is 3. The fraction of sp³-hybridized carbons (Fsp3) is 0.0860. The van der Waals surface area contributed by atoms with Gasteiger partial charge >= 0.3 is 209 Å². The first kappa shape index (κ1) is 126. The number of nitrogen functional groups attached to an aromatic ring is 2. The number of carbonyl (C=O) groups excluding carboxylic acids is 10. The van der Waals surface area contributed by atoms with Crippen molar-refractivity contribution in [3.63, 3.8) is 0 Å². The SMILES string of the molecule is COC(=O)c1ccc(F)c([N+](=O)[O-])c1.COC(=O)c1ccc(S(=O)(=O)c2ccccc2C(=O)OC)c(N)c1.COC(=O)c1ccc(S(=O)(=O)c2ccccc2C(=O)OC)c([N+](=O)[O-])c1.COC(=O)c1ccc(Sc2ccccc2C(=O)OC)c([N+](=O)[O-])c1.COC(=O)c1ccccc1S.Nc1cc(C(=O)O)ccc1S(=O)(=O)c1ccccc1C(=O)O.O=C(O)c1ccc2c(c1)NC(=O)c1ccccc1S2(=O)=O.O=CO[O-].[Cs+].[Cs+].[H-]. The second-order valence-electron chi connectivity index (χ2n) is 27.6.